The van der Waals surface area contributed by atoms with Crippen LogP contribution >= 0.6 is 0 Å². The average molecular weight is 274 g/mol. The minimum absolute atomic E-state index is 0. The molecular weight excluding hydrogens is 248 g/mol. The first-order chi connectivity index (χ1) is 9.18. The second-order valence-corrected chi connectivity index (χ2v) is 4.68. The van der Waals surface area contributed by atoms with E-state index in [2.05, 4.69) is 26.0 Å². The highest BCUT2D eigenvalue weighted by Gasteiger charge is 2.02. The minimum atomic E-state index is -0.180. The zero-order chi connectivity index (χ0) is 13.9. The molecule has 0 aliphatic rings. The Kier molecular flexibility index (Phi) is 10.0. The van der Waals surface area contributed by atoms with E-state index in [0.717, 1.165) is 18.4 Å². The highest BCUT2D eigenvalue weighted by Crippen LogP contribution is 2.01. The lowest BCUT2D eigenvalue weighted by molar-refractivity contribution is -0.141. The van der Waals surface area contributed by atoms with Gasteiger partial charge in [0.05, 0.1) is 6.42 Å². The van der Waals surface area contributed by atoms with E-state index in [9.17, 15) is 4.79 Å². The molecule has 0 atom stereocenters. The molecule has 2 nitrogen and oxygen atoms in total. The van der Waals surface area contributed by atoms with Gasteiger partial charge in [-0.15, -0.1) is 0 Å². The van der Waals surface area contributed by atoms with Crippen molar-refractivity contribution in [2.75, 3.05) is 6.61 Å². The lowest BCUT2D eigenvalue weighted by atomic mass is 10.2. The van der Waals surface area contributed by atoms with Crippen molar-refractivity contribution in [2.24, 2.45) is 0 Å². The number of allylic oxidation sites excluding steroid dienone is 3. The van der Waals surface area contributed by atoms with Gasteiger partial charge in [-0.25, -0.2) is 0 Å². The third kappa shape index (κ3) is 9.15. The van der Waals surface area contributed by atoms with Gasteiger partial charge in [0.15, 0.2) is 0 Å². The van der Waals surface area contributed by atoms with E-state index in [4.69, 9.17) is 4.74 Å². The molecule has 0 radical (unpaired) electrons. The van der Waals surface area contributed by atoms with Gasteiger partial charge in [-0.2, -0.15) is 0 Å². The topological polar surface area (TPSA) is 26.3 Å². The predicted octanol–water partition coefficient (Wildman–Crippen LogP) is 4.71. The van der Waals surface area contributed by atoms with Gasteiger partial charge in [-0.1, -0.05) is 61.6 Å². The number of benzene rings is 1. The second kappa shape index (κ2) is 11.0. The molecule has 0 N–H and O–H groups in total. The molecule has 1 rings (SSSR count). The van der Waals surface area contributed by atoms with E-state index in [1.165, 1.54) is 5.57 Å². The van der Waals surface area contributed by atoms with E-state index in [1.54, 1.807) is 0 Å². The summed E-state index contributed by atoms with van der Waals surface area (Å²) < 4.78 is 5.13. The van der Waals surface area contributed by atoms with Crippen molar-refractivity contribution in [3.8, 4) is 0 Å². The Bertz CT molecular complexity index is 426. The van der Waals surface area contributed by atoms with E-state index in [1.807, 2.05) is 36.4 Å². The number of ether oxygens (including phenoxy) is 1. The van der Waals surface area contributed by atoms with Gasteiger partial charge >= 0.3 is 5.97 Å². The molecule has 110 valence electrons. The smallest absolute Gasteiger partial charge is 0.310 e. The Balaban J connectivity index is 0.00000361. The van der Waals surface area contributed by atoms with E-state index in [0.29, 0.717) is 13.0 Å². The molecule has 0 bridgehead atoms. The fraction of sp³-hybridized carbons (Fsp3) is 0.389. The number of unbranched alkanes of at least 4 members (excludes halogenated alkanes) is 1. The zero-order valence-electron chi connectivity index (χ0n) is 11.8. The van der Waals surface area contributed by atoms with Gasteiger partial charge in [0.2, 0.25) is 0 Å². The predicted molar refractivity (Wildman–Crippen MR) is 85.6 cm³/mol. The number of carbonyl (C=O) groups excluding carboxylic acids is 1. The first-order valence-corrected chi connectivity index (χ1v) is 6.66. The van der Waals surface area contributed by atoms with Crippen LogP contribution in [0.4, 0.5) is 0 Å². The van der Waals surface area contributed by atoms with Crippen LogP contribution in [-0.2, 0) is 16.0 Å². The van der Waals surface area contributed by atoms with Crippen LogP contribution in [0.1, 0.15) is 39.7 Å². The molecular formula is C18H26O2. The molecule has 0 unspecified atom stereocenters. The first-order valence-electron chi connectivity index (χ1n) is 6.66. The largest absolute Gasteiger partial charge is 0.461 e. The molecule has 1 aromatic rings. The monoisotopic (exact) mass is 274 g/mol. The van der Waals surface area contributed by atoms with Crippen molar-refractivity contribution >= 4 is 5.97 Å². The highest BCUT2D eigenvalue weighted by molar-refractivity contribution is 5.72. The maximum atomic E-state index is 11.5. The number of rotatable bonds is 7. The Morgan fingerprint density at radius 2 is 1.80 bits per heavy atom. The van der Waals surface area contributed by atoms with Gasteiger partial charge in [0.25, 0.3) is 0 Å². The summed E-state index contributed by atoms with van der Waals surface area (Å²) >= 11 is 0. The second-order valence-electron chi connectivity index (χ2n) is 4.68. The summed E-state index contributed by atoms with van der Waals surface area (Å²) in [5.74, 6) is -0.180. The third-order valence-electron chi connectivity index (χ3n) is 2.58. The van der Waals surface area contributed by atoms with Crippen molar-refractivity contribution in [1.29, 1.82) is 0 Å². The molecule has 2 heteroatoms. The van der Waals surface area contributed by atoms with E-state index >= 15 is 0 Å². The van der Waals surface area contributed by atoms with Crippen molar-refractivity contribution in [1.82, 2.24) is 0 Å². The Labute approximate surface area is 123 Å². The standard InChI is InChI=1S/C17H22O2.CH4/c1-15(2)10-6-3-4-9-13-19-17(18)14-16-11-7-5-8-12-16;/h4-5,7-12H,3,6,13-14H2,1-2H3;1H4/b9-4+;. The summed E-state index contributed by atoms with van der Waals surface area (Å²) in [5.41, 5.74) is 2.32. The van der Waals surface area contributed by atoms with Gasteiger partial charge in [-0.3, -0.25) is 4.79 Å². The number of hydrogen-bond donors (Lipinski definition) is 0. The van der Waals surface area contributed by atoms with E-state index in [-0.39, 0.29) is 13.4 Å². The molecule has 0 aliphatic heterocycles. The lowest BCUT2D eigenvalue weighted by Crippen LogP contribution is -2.07. The first kappa shape index (κ1) is 18.2. The molecule has 0 spiro atoms. The number of hydrogen-bond acceptors (Lipinski definition) is 2. The molecule has 0 saturated heterocycles. The van der Waals surface area contributed by atoms with Crippen LogP contribution in [0.15, 0.2) is 54.1 Å². The Morgan fingerprint density at radius 3 is 2.45 bits per heavy atom. The molecule has 20 heavy (non-hydrogen) atoms. The Hall–Kier alpha value is -1.83. The molecule has 0 aromatic heterocycles. The Morgan fingerprint density at radius 1 is 1.10 bits per heavy atom. The maximum Gasteiger partial charge on any atom is 0.310 e. The fourth-order valence-corrected chi connectivity index (χ4v) is 1.61. The quantitative estimate of drug-likeness (QED) is 0.409. The van der Waals surface area contributed by atoms with Crippen LogP contribution < -0.4 is 0 Å². The average Bonchev–Trinajstić information content (AvgIpc) is 2.38. The van der Waals surface area contributed by atoms with Crippen molar-refractivity contribution in [3.05, 3.63) is 59.7 Å². The molecule has 0 amide bonds. The molecule has 1 aromatic carbocycles. The van der Waals surface area contributed by atoms with Crippen molar-refractivity contribution in [3.63, 3.8) is 0 Å². The van der Waals surface area contributed by atoms with Gasteiger partial charge in [0.1, 0.15) is 6.61 Å². The summed E-state index contributed by atoms with van der Waals surface area (Å²) in [7, 11) is 0. The molecule has 0 heterocycles. The summed E-state index contributed by atoms with van der Waals surface area (Å²) in [5, 5.41) is 0. The summed E-state index contributed by atoms with van der Waals surface area (Å²) in [6, 6.07) is 9.63. The van der Waals surface area contributed by atoms with Crippen molar-refractivity contribution < 1.29 is 9.53 Å². The molecule has 0 aliphatic carbocycles. The molecule has 0 fully saturated rings. The van der Waals surface area contributed by atoms with Crippen molar-refractivity contribution in [2.45, 2.75) is 40.5 Å². The van der Waals surface area contributed by atoms with Crippen LogP contribution in [0.25, 0.3) is 0 Å². The van der Waals surface area contributed by atoms with Gasteiger partial charge in [-0.05, 0) is 32.3 Å². The number of esters is 1. The van der Waals surface area contributed by atoms with Crippen LogP contribution in [0.2, 0.25) is 0 Å². The highest BCUT2D eigenvalue weighted by atomic mass is 16.5. The van der Waals surface area contributed by atoms with Gasteiger partial charge in [0, 0.05) is 0 Å². The lowest BCUT2D eigenvalue weighted by Gasteiger charge is -2.01. The normalized spacial score (nSPS) is 9.90. The summed E-state index contributed by atoms with van der Waals surface area (Å²) in [4.78, 5) is 11.5. The maximum absolute atomic E-state index is 11.5. The third-order valence-corrected chi connectivity index (χ3v) is 2.58. The fourth-order valence-electron chi connectivity index (χ4n) is 1.61. The zero-order valence-corrected chi connectivity index (χ0v) is 11.8. The van der Waals surface area contributed by atoms with Crippen LogP contribution in [0.3, 0.4) is 0 Å². The summed E-state index contributed by atoms with van der Waals surface area (Å²) in [6.45, 7) is 4.55. The SMILES string of the molecule is C.CC(C)=CCC/C=C/COC(=O)Cc1ccccc1. The van der Waals surface area contributed by atoms with Crippen LogP contribution in [0, 0.1) is 0 Å². The minimum Gasteiger partial charge on any atom is -0.461 e. The van der Waals surface area contributed by atoms with E-state index < -0.39 is 0 Å². The number of carbonyl (C=O) groups is 1. The van der Waals surface area contributed by atoms with Gasteiger partial charge < -0.3 is 4.74 Å². The molecule has 0 saturated carbocycles. The van der Waals surface area contributed by atoms with Crippen LogP contribution in [-0.4, -0.2) is 12.6 Å². The van der Waals surface area contributed by atoms with Crippen LogP contribution in [0.5, 0.6) is 0 Å². The summed E-state index contributed by atoms with van der Waals surface area (Å²) in [6.07, 6.45) is 8.52.